The number of hydrogen-bond acceptors (Lipinski definition) is 5. The summed E-state index contributed by atoms with van der Waals surface area (Å²) in [6, 6.07) is 18.7. The maximum atomic E-state index is 12.5. The second kappa shape index (κ2) is 10.0. The van der Waals surface area contributed by atoms with Gasteiger partial charge in [-0.05, 0) is 30.0 Å². The number of carbonyl (C=O) groups is 1. The van der Waals surface area contributed by atoms with Crippen LogP contribution in [0.2, 0.25) is 0 Å². The van der Waals surface area contributed by atoms with Crippen LogP contribution >= 0.6 is 11.8 Å². The van der Waals surface area contributed by atoms with Crippen molar-refractivity contribution in [3.8, 4) is 23.1 Å². The van der Waals surface area contributed by atoms with Gasteiger partial charge in [0.25, 0.3) is 0 Å². The lowest BCUT2D eigenvalue weighted by Crippen LogP contribution is -2.29. The quantitative estimate of drug-likeness (QED) is 0.476. The number of carbonyl (C=O) groups excluding carboxylic acids is 1. The molecule has 0 fully saturated rings. The molecule has 2 aromatic carbocycles. The van der Waals surface area contributed by atoms with E-state index in [9.17, 15) is 4.79 Å². The Hall–Kier alpha value is -3.11. The molecule has 0 aliphatic heterocycles. The first-order chi connectivity index (χ1) is 15.2. The van der Waals surface area contributed by atoms with Crippen LogP contribution in [-0.2, 0) is 10.2 Å². The van der Waals surface area contributed by atoms with Crippen LogP contribution in [-0.4, -0.2) is 44.9 Å². The molecule has 3 rings (SSSR count). The van der Waals surface area contributed by atoms with E-state index >= 15 is 0 Å². The van der Waals surface area contributed by atoms with Gasteiger partial charge in [-0.1, -0.05) is 74.5 Å². The predicted molar refractivity (Wildman–Crippen MR) is 129 cm³/mol. The smallest absolute Gasteiger partial charge is 0.232 e. The average molecular weight is 448 g/mol. The number of amides is 1. The number of nitrogens with zero attached hydrogens (tertiary/aromatic N) is 5. The number of aryl methyl sites for hydroxylation is 1. The molecule has 0 unspecified atom stereocenters. The molecule has 1 aromatic heterocycles. The number of aromatic nitrogens is 3. The molecule has 0 spiro atoms. The SMILES string of the molecule is Cc1ccc(-n2c(SCC(=O)N(C)CCC#N)nnc2-c2ccc(C(C)(C)C)cc2)cc1. The van der Waals surface area contributed by atoms with Gasteiger partial charge in [0.15, 0.2) is 11.0 Å². The van der Waals surface area contributed by atoms with Crippen molar-refractivity contribution in [2.45, 2.75) is 44.7 Å². The molecule has 0 radical (unpaired) electrons. The molecule has 0 atom stereocenters. The van der Waals surface area contributed by atoms with Crippen molar-refractivity contribution in [1.29, 1.82) is 5.26 Å². The number of thioether (sulfide) groups is 1. The Bertz CT molecular complexity index is 1110. The van der Waals surface area contributed by atoms with E-state index in [1.165, 1.54) is 22.9 Å². The van der Waals surface area contributed by atoms with Crippen molar-refractivity contribution < 1.29 is 4.79 Å². The highest BCUT2D eigenvalue weighted by atomic mass is 32.2. The maximum absolute atomic E-state index is 12.5. The summed E-state index contributed by atoms with van der Waals surface area (Å²) in [5, 5.41) is 18.3. The normalized spacial score (nSPS) is 11.2. The minimum Gasteiger partial charge on any atom is -0.344 e. The van der Waals surface area contributed by atoms with Gasteiger partial charge in [0.05, 0.1) is 18.2 Å². The van der Waals surface area contributed by atoms with E-state index < -0.39 is 0 Å². The number of rotatable bonds is 7. The Morgan fingerprint density at radius 3 is 2.34 bits per heavy atom. The van der Waals surface area contributed by atoms with Crippen molar-refractivity contribution in [3.63, 3.8) is 0 Å². The van der Waals surface area contributed by atoms with E-state index in [1.807, 2.05) is 23.6 Å². The van der Waals surface area contributed by atoms with Gasteiger partial charge < -0.3 is 4.90 Å². The van der Waals surface area contributed by atoms with Crippen LogP contribution in [0.1, 0.15) is 38.3 Å². The van der Waals surface area contributed by atoms with E-state index in [-0.39, 0.29) is 17.1 Å². The predicted octanol–water partition coefficient (Wildman–Crippen LogP) is 5.00. The molecule has 0 aliphatic rings. The zero-order valence-electron chi connectivity index (χ0n) is 19.3. The van der Waals surface area contributed by atoms with E-state index in [4.69, 9.17) is 5.26 Å². The number of hydrogen-bond donors (Lipinski definition) is 0. The molecule has 1 heterocycles. The van der Waals surface area contributed by atoms with Gasteiger partial charge in [-0.15, -0.1) is 10.2 Å². The molecule has 6 nitrogen and oxygen atoms in total. The minimum atomic E-state index is -0.0419. The fraction of sp³-hybridized carbons (Fsp3) is 0.360. The first-order valence-corrected chi connectivity index (χ1v) is 11.6. The standard InChI is InChI=1S/C25H29N5OS/c1-18-7-13-21(14-8-18)30-23(19-9-11-20(12-10-19)25(2,3)4)27-28-24(30)32-17-22(31)29(5)16-6-15-26/h7-14H,6,16-17H2,1-5H3. The van der Waals surface area contributed by atoms with Gasteiger partial charge in [0.2, 0.25) is 5.91 Å². The van der Waals surface area contributed by atoms with Crippen LogP contribution in [0, 0.1) is 18.3 Å². The van der Waals surface area contributed by atoms with Gasteiger partial charge in [0.1, 0.15) is 0 Å². The highest BCUT2D eigenvalue weighted by Crippen LogP contribution is 2.30. The summed E-state index contributed by atoms with van der Waals surface area (Å²) in [6.45, 7) is 9.04. The van der Waals surface area contributed by atoms with Crippen LogP contribution in [0.25, 0.3) is 17.1 Å². The zero-order valence-corrected chi connectivity index (χ0v) is 20.1. The van der Waals surface area contributed by atoms with Crippen LogP contribution in [0.15, 0.2) is 53.7 Å². The van der Waals surface area contributed by atoms with E-state index in [2.05, 4.69) is 73.4 Å². The summed E-state index contributed by atoms with van der Waals surface area (Å²) in [7, 11) is 1.72. The number of nitriles is 1. The topological polar surface area (TPSA) is 74.8 Å². The number of benzene rings is 2. The second-order valence-corrected chi connectivity index (χ2v) is 9.76. The molecule has 3 aromatic rings. The Balaban J connectivity index is 1.93. The van der Waals surface area contributed by atoms with Crippen LogP contribution < -0.4 is 0 Å². The third kappa shape index (κ3) is 5.57. The highest BCUT2D eigenvalue weighted by Gasteiger charge is 2.19. The van der Waals surface area contributed by atoms with Crippen molar-refractivity contribution in [3.05, 3.63) is 59.7 Å². The Morgan fingerprint density at radius 2 is 1.75 bits per heavy atom. The van der Waals surface area contributed by atoms with Gasteiger partial charge >= 0.3 is 0 Å². The highest BCUT2D eigenvalue weighted by molar-refractivity contribution is 7.99. The Morgan fingerprint density at radius 1 is 1.09 bits per heavy atom. The molecule has 0 saturated heterocycles. The molecular weight excluding hydrogens is 418 g/mol. The summed E-state index contributed by atoms with van der Waals surface area (Å²) in [4.78, 5) is 14.0. The summed E-state index contributed by atoms with van der Waals surface area (Å²) in [5.74, 6) is 0.927. The molecule has 0 aliphatic carbocycles. The fourth-order valence-electron chi connectivity index (χ4n) is 3.18. The Kier molecular flexibility index (Phi) is 7.37. The van der Waals surface area contributed by atoms with Crippen molar-refractivity contribution in [2.24, 2.45) is 0 Å². The summed E-state index contributed by atoms with van der Waals surface area (Å²) >= 11 is 1.35. The lowest BCUT2D eigenvalue weighted by atomic mass is 9.87. The molecule has 7 heteroatoms. The molecule has 166 valence electrons. The van der Waals surface area contributed by atoms with Crippen molar-refractivity contribution in [1.82, 2.24) is 19.7 Å². The maximum Gasteiger partial charge on any atom is 0.232 e. The van der Waals surface area contributed by atoms with Crippen molar-refractivity contribution in [2.75, 3.05) is 19.3 Å². The summed E-state index contributed by atoms with van der Waals surface area (Å²) in [5.41, 5.74) is 4.41. The Labute approximate surface area is 194 Å². The molecule has 32 heavy (non-hydrogen) atoms. The third-order valence-electron chi connectivity index (χ3n) is 5.24. The molecular formula is C25H29N5OS. The third-order valence-corrected chi connectivity index (χ3v) is 6.16. The van der Waals surface area contributed by atoms with Crippen LogP contribution in [0.4, 0.5) is 0 Å². The fourth-order valence-corrected chi connectivity index (χ4v) is 4.07. The van der Waals surface area contributed by atoms with E-state index in [0.29, 0.717) is 18.1 Å². The molecule has 1 amide bonds. The van der Waals surface area contributed by atoms with Gasteiger partial charge in [-0.3, -0.25) is 9.36 Å². The monoisotopic (exact) mass is 447 g/mol. The lowest BCUT2D eigenvalue weighted by Gasteiger charge is -2.19. The summed E-state index contributed by atoms with van der Waals surface area (Å²) < 4.78 is 2.00. The van der Waals surface area contributed by atoms with E-state index in [1.54, 1.807) is 11.9 Å². The zero-order chi connectivity index (χ0) is 23.3. The summed E-state index contributed by atoms with van der Waals surface area (Å²) in [6.07, 6.45) is 0.321. The van der Waals surface area contributed by atoms with Gasteiger partial charge in [0, 0.05) is 24.8 Å². The van der Waals surface area contributed by atoms with Crippen LogP contribution in [0.3, 0.4) is 0 Å². The van der Waals surface area contributed by atoms with Gasteiger partial charge in [-0.25, -0.2) is 0 Å². The van der Waals surface area contributed by atoms with Crippen molar-refractivity contribution >= 4 is 17.7 Å². The van der Waals surface area contributed by atoms with Gasteiger partial charge in [-0.2, -0.15) is 5.26 Å². The average Bonchev–Trinajstić information content (AvgIpc) is 3.19. The lowest BCUT2D eigenvalue weighted by molar-refractivity contribution is -0.127. The minimum absolute atomic E-state index is 0.0419. The molecule has 0 N–H and O–H groups in total. The molecule has 0 bridgehead atoms. The molecule has 0 saturated carbocycles. The van der Waals surface area contributed by atoms with Crippen LogP contribution in [0.5, 0.6) is 0 Å². The largest absolute Gasteiger partial charge is 0.344 e. The first-order valence-electron chi connectivity index (χ1n) is 10.6. The second-order valence-electron chi connectivity index (χ2n) is 8.82. The first kappa shape index (κ1) is 23.6. The van der Waals surface area contributed by atoms with E-state index in [0.717, 1.165) is 17.1 Å².